The molecule has 0 aliphatic rings. The topological polar surface area (TPSA) is 87.2 Å². The van der Waals surface area contributed by atoms with E-state index < -0.39 is 0 Å². The Hall–Kier alpha value is -6.80. The number of rotatable bonds is 2. The summed E-state index contributed by atoms with van der Waals surface area (Å²) in [5.74, 6) is 1.80. The zero-order valence-electron chi connectivity index (χ0n) is 27.1. The van der Waals surface area contributed by atoms with Crippen LogP contribution in [0.5, 0.6) is 0 Å². The van der Waals surface area contributed by atoms with Crippen LogP contribution >= 0.6 is 0 Å². The zero-order valence-corrected chi connectivity index (χ0v) is 27.1. The Morgan fingerprint density at radius 2 is 0.760 bits per heavy atom. The average molecular weight is 643 g/mol. The van der Waals surface area contributed by atoms with Crippen LogP contribution in [0.1, 0.15) is 0 Å². The number of hydrogen-bond donors (Lipinski definition) is 0. The van der Waals surface area contributed by atoms with Gasteiger partial charge in [0.1, 0.15) is 11.6 Å². The Labute approximate surface area is 284 Å². The molecule has 0 saturated carbocycles. The van der Waals surface area contributed by atoms with Gasteiger partial charge in [0, 0.05) is 71.6 Å². The molecule has 8 nitrogen and oxygen atoms in total. The Bertz CT molecular complexity index is 3030. The molecule has 6 heterocycles. The average Bonchev–Trinajstić information content (AvgIpc) is 3.71. The summed E-state index contributed by atoms with van der Waals surface area (Å²) in [6.45, 7) is 0. The van der Waals surface area contributed by atoms with Crippen molar-refractivity contribution in [1.29, 1.82) is 0 Å². The molecule has 0 aliphatic heterocycles. The summed E-state index contributed by atoms with van der Waals surface area (Å²) in [6, 6.07) is 33.9. The van der Waals surface area contributed by atoms with E-state index in [1.807, 2.05) is 49.1 Å². The molecule has 0 saturated heterocycles. The fourth-order valence-electron chi connectivity index (χ4n) is 8.05. The molecular weight excluding hydrogens is 617 g/mol. The highest BCUT2D eigenvalue weighted by atomic mass is 15.1. The monoisotopic (exact) mass is 642 g/mol. The Balaban J connectivity index is 1.16. The molecule has 11 aromatic rings. The van der Waals surface area contributed by atoms with E-state index in [1.165, 1.54) is 0 Å². The van der Waals surface area contributed by atoms with Gasteiger partial charge in [-0.1, -0.05) is 36.4 Å². The Kier molecular flexibility index (Phi) is 5.36. The third-order valence-corrected chi connectivity index (χ3v) is 10.3. The molecule has 0 radical (unpaired) electrons. The molecule has 0 unspecified atom stereocenters. The normalized spacial score (nSPS) is 12.2. The van der Waals surface area contributed by atoms with Crippen molar-refractivity contribution in [2.24, 2.45) is 14.1 Å². The van der Waals surface area contributed by atoms with E-state index in [2.05, 4.69) is 96.0 Å². The van der Waals surface area contributed by atoms with E-state index in [1.54, 1.807) is 0 Å². The molecule has 50 heavy (non-hydrogen) atoms. The van der Waals surface area contributed by atoms with Crippen LogP contribution in [0.3, 0.4) is 0 Å². The molecule has 5 aromatic carbocycles. The number of benzene rings is 5. The maximum absolute atomic E-state index is 5.31. The molecule has 0 fully saturated rings. The van der Waals surface area contributed by atoms with Gasteiger partial charge in [-0.2, -0.15) is 0 Å². The maximum atomic E-state index is 5.31. The molecule has 11 rings (SSSR count). The van der Waals surface area contributed by atoms with Crippen LogP contribution in [0, 0.1) is 0 Å². The van der Waals surface area contributed by atoms with Crippen LogP contribution in [0.15, 0.2) is 122 Å². The van der Waals surface area contributed by atoms with E-state index in [0.717, 1.165) is 110 Å². The van der Waals surface area contributed by atoms with E-state index in [-0.39, 0.29) is 0 Å². The smallest absolute Gasteiger partial charge is 0.141 e. The number of imidazole rings is 2. The molecule has 234 valence electrons. The lowest BCUT2D eigenvalue weighted by Crippen LogP contribution is -1.96. The lowest BCUT2D eigenvalue weighted by atomic mass is 9.96. The number of nitrogens with zero attached hydrogens (tertiary/aromatic N) is 8. The summed E-state index contributed by atoms with van der Waals surface area (Å²) in [7, 11) is 4.20. The summed E-state index contributed by atoms with van der Waals surface area (Å²) in [5, 5.41) is 8.63. The molecule has 0 bridgehead atoms. The van der Waals surface area contributed by atoms with Crippen LogP contribution in [0.25, 0.3) is 110 Å². The van der Waals surface area contributed by atoms with Crippen LogP contribution < -0.4 is 0 Å². The first-order valence-electron chi connectivity index (χ1n) is 16.6. The standard InChI is InChI=1S/C42H26N8/c1-49-39-29-15-7-19-45-35(29)33-27(13-5-17-43-33)37(39)47-41(49)25-11-3-9-23-22-32-24(21-31(23)25)10-4-12-26(32)42-48-38-28-14-6-18-44-34(28)36-30(16-8-20-46-36)40(38)50(42)2/h3-22H,1-2H3. The van der Waals surface area contributed by atoms with Crippen LogP contribution in [0.4, 0.5) is 0 Å². The fourth-order valence-corrected chi connectivity index (χ4v) is 8.05. The lowest BCUT2D eigenvalue weighted by molar-refractivity contribution is 0.964. The summed E-state index contributed by atoms with van der Waals surface area (Å²) in [6.07, 6.45) is 7.30. The van der Waals surface area contributed by atoms with Gasteiger partial charge in [0.15, 0.2) is 0 Å². The Morgan fingerprint density at radius 1 is 0.380 bits per heavy atom. The van der Waals surface area contributed by atoms with Crippen LogP contribution in [-0.2, 0) is 14.1 Å². The number of fused-ring (bicyclic) bond motifs is 14. The van der Waals surface area contributed by atoms with Crippen LogP contribution in [0.2, 0.25) is 0 Å². The second-order valence-electron chi connectivity index (χ2n) is 12.9. The molecule has 8 heteroatoms. The van der Waals surface area contributed by atoms with Gasteiger partial charge in [-0.3, -0.25) is 19.9 Å². The highest BCUT2D eigenvalue weighted by Crippen LogP contribution is 2.41. The van der Waals surface area contributed by atoms with Crippen molar-refractivity contribution in [3.63, 3.8) is 0 Å². The van der Waals surface area contributed by atoms with Gasteiger partial charge in [-0.05, 0) is 82.2 Å². The molecule has 0 aliphatic carbocycles. The number of aromatic nitrogens is 8. The van der Waals surface area contributed by atoms with Crippen LogP contribution in [-0.4, -0.2) is 39.0 Å². The van der Waals surface area contributed by atoms with Gasteiger partial charge in [0.05, 0.1) is 44.1 Å². The summed E-state index contributed by atoms with van der Waals surface area (Å²) in [5.41, 5.74) is 9.61. The SMILES string of the molecule is Cn1c(-c2cccc3cc4c(-c5nc6c7cccnc7c7ncccc7c6n5C)cccc4cc23)nc2c3cccnc3c3ncccc3c21. The molecule has 6 aromatic heterocycles. The number of aryl methyl sites for hydroxylation is 2. The van der Waals surface area contributed by atoms with Crippen molar-refractivity contribution in [1.82, 2.24) is 39.0 Å². The minimum Gasteiger partial charge on any atom is -0.327 e. The van der Waals surface area contributed by atoms with E-state index in [0.29, 0.717) is 0 Å². The summed E-state index contributed by atoms with van der Waals surface area (Å²) in [4.78, 5) is 29.5. The molecule has 0 atom stereocenters. The highest BCUT2D eigenvalue weighted by Gasteiger charge is 2.22. The minimum atomic E-state index is 0.868. The van der Waals surface area contributed by atoms with E-state index in [4.69, 9.17) is 29.9 Å². The van der Waals surface area contributed by atoms with Gasteiger partial charge in [0.2, 0.25) is 0 Å². The molecular formula is C42H26N8. The molecule has 0 amide bonds. The second-order valence-corrected chi connectivity index (χ2v) is 12.9. The van der Waals surface area contributed by atoms with Crippen molar-refractivity contribution in [3.05, 3.63) is 122 Å². The van der Waals surface area contributed by atoms with Crippen molar-refractivity contribution in [3.8, 4) is 22.8 Å². The number of hydrogen-bond acceptors (Lipinski definition) is 6. The quantitative estimate of drug-likeness (QED) is 0.138. The van der Waals surface area contributed by atoms with E-state index >= 15 is 0 Å². The summed E-state index contributed by atoms with van der Waals surface area (Å²) < 4.78 is 4.41. The van der Waals surface area contributed by atoms with E-state index in [9.17, 15) is 0 Å². The van der Waals surface area contributed by atoms with Crippen molar-refractivity contribution in [2.75, 3.05) is 0 Å². The van der Waals surface area contributed by atoms with Crippen molar-refractivity contribution >= 4 is 87.2 Å². The van der Waals surface area contributed by atoms with Crippen molar-refractivity contribution < 1.29 is 0 Å². The zero-order chi connectivity index (χ0) is 33.1. The Morgan fingerprint density at radius 3 is 1.18 bits per heavy atom. The third kappa shape index (κ3) is 3.54. The van der Waals surface area contributed by atoms with Gasteiger partial charge in [0.25, 0.3) is 0 Å². The van der Waals surface area contributed by atoms with Gasteiger partial charge < -0.3 is 9.13 Å². The fraction of sp³-hybridized carbons (Fsp3) is 0.0476. The second kappa shape index (κ2) is 9.87. The first-order valence-corrected chi connectivity index (χ1v) is 16.6. The number of pyridine rings is 4. The minimum absolute atomic E-state index is 0.868. The van der Waals surface area contributed by atoms with Gasteiger partial charge >= 0.3 is 0 Å². The third-order valence-electron chi connectivity index (χ3n) is 10.3. The van der Waals surface area contributed by atoms with Gasteiger partial charge in [-0.15, -0.1) is 0 Å². The predicted molar refractivity (Wildman–Crippen MR) is 202 cm³/mol. The largest absolute Gasteiger partial charge is 0.327 e. The highest BCUT2D eigenvalue weighted by molar-refractivity contribution is 6.23. The maximum Gasteiger partial charge on any atom is 0.141 e. The van der Waals surface area contributed by atoms with Crippen molar-refractivity contribution in [2.45, 2.75) is 0 Å². The summed E-state index contributed by atoms with van der Waals surface area (Å²) >= 11 is 0. The molecule has 0 spiro atoms. The lowest BCUT2D eigenvalue weighted by Gasteiger charge is -2.12. The first kappa shape index (κ1) is 27.2. The van der Waals surface area contributed by atoms with Gasteiger partial charge in [-0.25, -0.2) is 9.97 Å². The molecule has 0 N–H and O–H groups in total. The first-order chi connectivity index (χ1) is 24.7. The predicted octanol–water partition coefficient (Wildman–Crippen LogP) is 9.29.